The Morgan fingerprint density at radius 3 is 0.826 bits per heavy atom. The first kappa shape index (κ1) is 82.1. The molecule has 0 aromatic rings. The lowest BCUT2D eigenvalue weighted by Crippen LogP contribution is -2.64. The zero-order valence-corrected chi connectivity index (χ0v) is 53.0. The molecule has 3 aliphatic heterocycles. The van der Waals surface area contributed by atoms with Gasteiger partial charge in [-0.15, -0.1) is 0 Å². The van der Waals surface area contributed by atoms with Crippen molar-refractivity contribution in [1.29, 1.82) is 0 Å². The van der Waals surface area contributed by atoms with Crippen LogP contribution in [0, 0.1) is 5.41 Å². The second-order valence-corrected chi connectivity index (χ2v) is 21.9. The molecular weight excluding hydrogens is 1240 g/mol. The number of rotatable bonds is 51. The number of carbonyl (C=O) groups excluding carboxylic acids is 6. The van der Waals surface area contributed by atoms with Crippen molar-refractivity contribution in [3.63, 3.8) is 0 Å². The Balaban J connectivity index is 1.31. The van der Waals surface area contributed by atoms with Crippen LogP contribution < -0.4 is 31.9 Å². The predicted molar refractivity (Wildman–Crippen MR) is 312 cm³/mol. The third kappa shape index (κ3) is 33.0. The molecule has 6 amide bonds. The maximum absolute atomic E-state index is 12.6. The average Bonchev–Trinajstić information content (AvgIpc) is 0.853. The molecule has 3 fully saturated rings. The van der Waals surface area contributed by atoms with Crippen molar-refractivity contribution in [3.8, 4) is 0 Å². The van der Waals surface area contributed by atoms with Gasteiger partial charge in [0.1, 0.15) is 73.1 Å². The lowest BCUT2D eigenvalue weighted by molar-refractivity contribution is -0.272. The molecule has 36 nitrogen and oxygen atoms in total. The molecule has 36 heteroatoms. The molecule has 0 spiro atoms. The smallest absolute Gasteiger partial charge is 0.222 e. The van der Waals surface area contributed by atoms with Gasteiger partial charge in [-0.3, -0.25) is 28.8 Å². The second kappa shape index (κ2) is 47.7. The third-order valence-corrected chi connectivity index (χ3v) is 13.9. The van der Waals surface area contributed by atoms with E-state index in [9.17, 15) is 74.7 Å². The molecule has 3 heterocycles. The molecule has 15 N–H and O–H groups in total. The molecule has 3 aliphatic rings. The largest absolute Gasteiger partial charge is 0.394 e. The lowest BCUT2D eigenvalue weighted by atomic mass is 9.94. The van der Waals surface area contributed by atoms with Crippen LogP contribution in [0.3, 0.4) is 0 Å². The summed E-state index contributed by atoms with van der Waals surface area (Å²) >= 11 is 0. The predicted octanol–water partition coefficient (Wildman–Crippen LogP) is -8.46. The number of hydrogen-bond acceptors (Lipinski definition) is 30. The van der Waals surface area contributed by atoms with Crippen molar-refractivity contribution < 1.29 is 146 Å². The zero-order valence-electron chi connectivity index (χ0n) is 53.0. The number of carbonyl (C=O) groups is 6. The summed E-state index contributed by atoms with van der Waals surface area (Å²) in [4.78, 5) is 72.7. The molecule has 0 aromatic carbocycles. The Kier molecular flexibility index (Phi) is 42.6. The van der Waals surface area contributed by atoms with Crippen molar-refractivity contribution in [2.75, 3.05) is 178 Å². The van der Waals surface area contributed by atoms with Crippen LogP contribution in [0.1, 0.15) is 47.0 Å². The minimum absolute atomic E-state index is 0.00154. The standard InChI is InChI=1S/C56H102N6O30/c1-35(66)60-44-50(75)47(72)38(29-63)90-53(44)87-26-23-81-20-17-78-14-8-57-41(69)5-11-84-32-56(4,33-85-12-6-42(70)58-9-15-79-18-21-82-24-27-88-54-45(61-36(2)67)51(76)48(73)39(30-64)91-54)34-86-13-7-43(71)59-10-16-80-19-22-83-25-28-89-55-46(62-37(3)68)52(77)49(74)40(31-65)92-55/h38-40,44-55,63-65,72-77H,5-34H2,1-4H3,(H,57,69)(H,58,70)(H,59,71)(H,60,66)(H,61,67)(H,62,68). The van der Waals surface area contributed by atoms with Crippen LogP contribution in [0.15, 0.2) is 0 Å². The van der Waals surface area contributed by atoms with Crippen molar-refractivity contribution >= 4 is 35.4 Å². The topological polar surface area (TPSA) is 495 Å². The molecule has 0 radical (unpaired) electrons. The van der Waals surface area contributed by atoms with Crippen LogP contribution in [-0.4, -0.2) is 352 Å². The van der Waals surface area contributed by atoms with Gasteiger partial charge >= 0.3 is 0 Å². The van der Waals surface area contributed by atoms with Crippen LogP contribution in [0.5, 0.6) is 0 Å². The number of hydrogen-bond donors (Lipinski definition) is 15. The highest BCUT2D eigenvalue weighted by molar-refractivity contribution is 5.77. The Hall–Kier alpha value is -4.14. The molecular formula is C56H102N6O30. The van der Waals surface area contributed by atoms with Crippen molar-refractivity contribution in [2.24, 2.45) is 5.41 Å². The zero-order chi connectivity index (χ0) is 67.7. The Bertz CT molecular complexity index is 1830. The van der Waals surface area contributed by atoms with E-state index in [1.807, 2.05) is 6.92 Å². The lowest BCUT2D eigenvalue weighted by Gasteiger charge is -2.42. The minimum Gasteiger partial charge on any atom is -0.394 e. The van der Waals surface area contributed by atoms with E-state index in [0.29, 0.717) is 0 Å². The van der Waals surface area contributed by atoms with Gasteiger partial charge in [-0.05, 0) is 0 Å². The van der Waals surface area contributed by atoms with Gasteiger partial charge in [-0.1, -0.05) is 6.92 Å². The van der Waals surface area contributed by atoms with Crippen LogP contribution >= 0.6 is 0 Å². The van der Waals surface area contributed by atoms with Crippen LogP contribution in [-0.2, 0) is 99.8 Å². The number of nitrogens with one attached hydrogen (secondary N) is 6. The van der Waals surface area contributed by atoms with Gasteiger partial charge < -0.3 is 149 Å². The van der Waals surface area contributed by atoms with Crippen LogP contribution in [0.25, 0.3) is 0 Å². The number of amides is 6. The number of aliphatic hydroxyl groups is 9. The second-order valence-electron chi connectivity index (χ2n) is 21.9. The Morgan fingerprint density at radius 2 is 0.587 bits per heavy atom. The number of aliphatic hydroxyl groups excluding tert-OH is 9. The molecule has 0 bridgehead atoms. The maximum atomic E-state index is 12.6. The van der Waals surface area contributed by atoms with E-state index in [-0.39, 0.29) is 195 Å². The highest BCUT2D eigenvalue weighted by Gasteiger charge is 2.48. The summed E-state index contributed by atoms with van der Waals surface area (Å²) in [5.41, 5.74) is -0.773. The number of ether oxygens (including phenoxy) is 15. The molecule has 15 unspecified atom stereocenters. The molecule has 3 rings (SSSR count). The quantitative estimate of drug-likeness (QED) is 0.0252. The fourth-order valence-corrected chi connectivity index (χ4v) is 9.10. The molecule has 0 aromatic heterocycles. The van der Waals surface area contributed by atoms with Gasteiger partial charge in [0, 0.05) is 65.1 Å². The Labute approximate surface area is 534 Å². The minimum atomic E-state index is -1.44. The van der Waals surface area contributed by atoms with E-state index in [1.165, 1.54) is 20.8 Å². The highest BCUT2D eigenvalue weighted by atomic mass is 16.7. The van der Waals surface area contributed by atoms with E-state index in [2.05, 4.69) is 31.9 Å². The van der Waals surface area contributed by atoms with E-state index in [1.54, 1.807) is 0 Å². The Morgan fingerprint density at radius 1 is 0.348 bits per heavy atom. The van der Waals surface area contributed by atoms with Crippen molar-refractivity contribution in [1.82, 2.24) is 31.9 Å². The van der Waals surface area contributed by atoms with Gasteiger partial charge in [-0.2, -0.15) is 0 Å². The van der Waals surface area contributed by atoms with Gasteiger partial charge in [0.05, 0.1) is 159 Å². The first-order valence-electron chi connectivity index (χ1n) is 30.7. The summed E-state index contributed by atoms with van der Waals surface area (Å²) in [6.07, 6.45) is -15.3. The highest BCUT2D eigenvalue weighted by Crippen LogP contribution is 2.25. The van der Waals surface area contributed by atoms with Crippen LogP contribution in [0.2, 0.25) is 0 Å². The average molecular weight is 1340 g/mol. The van der Waals surface area contributed by atoms with E-state index >= 15 is 0 Å². The molecule has 3 saturated heterocycles. The van der Waals surface area contributed by atoms with Crippen molar-refractivity contribution in [3.05, 3.63) is 0 Å². The molecule has 536 valence electrons. The monoisotopic (exact) mass is 1340 g/mol. The van der Waals surface area contributed by atoms with Crippen LogP contribution in [0.4, 0.5) is 0 Å². The third-order valence-electron chi connectivity index (χ3n) is 13.9. The van der Waals surface area contributed by atoms with E-state index in [0.717, 1.165) is 0 Å². The summed E-state index contributed by atoms with van der Waals surface area (Å²) in [5.74, 6) is -2.31. The molecule has 0 saturated carbocycles. The maximum Gasteiger partial charge on any atom is 0.222 e. The normalized spacial score (nSPS) is 27.2. The summed E-state index contributed by atoms with van der Waals surface area (Å²) < 4.78 is 84.1. The van der Waals surface area contributed by atoms with E-state index in [4.69, 9.17) is 71.1 Å². The summed E-state index contributed by atoms with van der Waals surface area (Å²) in [6.45, 7) is 6.86. The molecule has 92 heavy (non-hydrogen) atoms. The van der Waals surface area contributed by atoms with Crippen molar-refractivity contribution in [2.45, 2.75) is 139 Å². The fourth-order valence-electron chi connectivity index (χ4n) is 9.10. The molecule has 15 atom stereocenters. The SMILES string of the molecule is CC(=O)NC1C(OCCOCCOCCNC(=O)CCOCC(C)(COCCC(=O)NCCOCCOCCOC2OC(CO)C(O)C(O)C2NC(C)=O)COCCC(=O)NCCOCCOCCOC2OC(CO)C(O)C(O)C2NC(C)=O)OC(CO)C(O)C1O. The van der Waals surface area contributed by atoms with Gasteiger partial charge in [-0.25, -0.2) is 0 Å². The fraction of sp³-hybridized carbons (Fsp3) is 0.893. The first-order chi connectivity index (χ1) is 44.1. The first-order valence-corrected chi connectivity index (χ1v) is 30.7. The molecule has 0 aliphatic carbocycles. The summed E-state index contributed by atoms with van der Waals surface area (Å²) in [7, 11) is 0. The summed E-state index contributed by atoms with van der Waals surface area (Å²) in [5, 5.41) is 106. The van der Waals surface area contributed by atoms with Gasteiger partial charge in [0.2, 0.25) is 35.4 Å². The van der Waals surface area contributed by atoms with Gasteiger partial charge in [0.15, 0.2) is 18.9 Å². The summed E-state index contributed by atoms with van der Waals surface area (Å²) in [6, 6.07) is -3.22. The van der Waals surface area contributed by atoms with Gasteiger partial charge in [0.25, 0.3) is 0 Å². The van der Waals surface area contributed by atoms with E-state index < -0.39 is 135 Å².